The van der Waals surface area contributed by atoms with Crippen LogP contribution in [0, 0.1) is 0 Å². The molecule has 0 spiro atoms. The molecule has 2 aliphatic heterocycles. The van der Waals surface area contributed by atoms with Crippen LogP contribution >= 0.6 is 0 Å². The van der Waals surface area contributed by atoms with Gasteiger partial charge in [0.2, 0.25) is 5.91 Å². The summed E-state index contributed by atoms with van der Waals surface area (Å²) in [6.07, 6.45) is 1.06. The summed E-state index contributed by atoms with van der Waals surface area (Å²) in [6, 6.07) is 17.6. The largest absolute Gasteiger partial charge is 0.497 e. The maximum Gasteiger partial charge on any atom is 0.323 e. The van der Waals surface area contributed by atoms with Crippen LogP contribution in [0.25, 0.3) is 0 Å². The van der Waals surface area contributed by atoms with Gasteiger partial charge in [-0.2, -0.15) is 0 Å². The highest BCUT2D eigenvalue weighted by Crippen LogP contribution is 2.47. The SMILES string of the molecule is COc1ccc(NC(=O)Nc2ccc3c(c2)[C@@H]2C[C@@H](CC(=O)NCc4ccccn4)O[C@@H](CO)[C@@H]2O3)cc1. The second-order valence-corrected chi connectivity index (χ2v) is 9.27. The molecule has 1 saturated heterocycles. The van der Waals surface area contributed by atoms with Crippen molar-refractivity contribution in [2.45, 2.75) is 43.6 Å². The van der Waals surface area contributed by atoms with Crippen LogP contribution in [0.4, 0.5) is 16.2 Å². The number of carbonyl (C=O) groups excluding carboxylic acids is 2. The Hall–Kier alpha value is -4.15. The number of aromatic nitrogens is 1. The molecule has 0 unspecified atom stereocenters. The number of benzene rings is 2. The number of hydrogen-bond donors (Lipinski definition) is 4. The van der Waals surface area contributed by atoms with E-state index in [1.807, 2.05) is 24.3 Å². The lowest BCUT2D eigenvalue weighted by molar-refractivity contribution is -0.142. The van der Waals surface area contributed by atoms with Crippen molar-refractivity contribution < 1.29 is 28.9 Å². The minimum Gasteiger partial charge on any atom is -0.497 e. The number of aliphatic hydroxyl groups is 1. The summed E-state index contributed by atoms with van der Waals surface area (Å²) < 4.78 is 17.3. The average molecular weight is 519 g/mol. The second kappa shape index (κ2) is 11.5. The summed E-state index contributed by atoms with van der Waals surface area (Å²) in [5, 5.41) is 18.5. The fourth-order valence-electron chi connectivity index (χ4n) is 4.91. The number of pyridine rings is 1. The van der Waals surface area contributed by atoms with Gasteiger partial charge in [0.25, 0.3) is 0 Å². The first-order valence-electron chi connectivity index (χ1n) is 12.5. The van der Waals surface area contributed by atoms with Crippen LogP contribution in [0.2, 0.25) is 0 Å². The van der Waals surface area contributed by atoms with Crippen molar-refractivity contribution in [3.8, 4) is 11.5 Å². The van der Waals surface area contributed by atoms with Gasteiger partial charge in [0.1, 0.15) is 23.7 Å². The summed E-state index contributed by atoms with van der Waals surface area (Å²) in [7, 11) is 1.58. The number of urea groups is 1. The third-order valence-corrected chi connectivity index (χ3v) is 6.71. The van der Waals surface area contributed by atoms with Crippen LogP contribution in [0.3, 0.4) is 0 Å². The van der Waals surface area contributed by atoms with Crippen molar-refractivity contribution in [1.29, 1.82) is 0 Å². The Morgan fingerprint density at radius 1 is 1.08 bits per heavy atom. The number of hydrogen-bond acceptors (Lipinski definition) is 7. The maximum absolute atomic E-state index is 12.6. The van der Waals surface area contributed by atoms with Crippen LogP contribution in [-0.2, 0) is 16.1 Å². The third-order valence-electron chi connectivity index (χ3n) is 6.71. The van der Waals surface area contributed by atoms with E-state index in [-0.39, 0.29) is 43.1 Å². The Morgan fingerprint density at radius 3 is 2.61 bits per heavy atom. The summed E-state index contributed by atoms with van der Waals surface area (Å²) in [5.41, 5.74) is 2.92. The highest BCUT2D eigenvalue weighted by atomic mass is 16.6. The smallest absolute Gasteiger partial charge is 0.323 e. The Morgan fingerprint density at radius 2 is 1.87 bits per heavy atom. The van der Waals surface area contributed by atoms with E-state index in [1.165, 1.54) is 0 Å². The quantitative estimate of drug-likeness (QED) is 0.359. The molecule has 10 heteroatoms. The minimum absolute atomic E-state index is 0.0871. The molecule has 1 aromatic heterocycles. The Balaban J connectivity index is 1.22. The van der Waals surface area contributed by atoms with Gasteiger partial charge in [-0.1, -0.05) is 6.07 Å². The number of rotatable bonds is 8. The van der Waals surface area contributed by atoms with E-state index in [0.29, 0.717) is 35.8 Å². The standard InChI is InChI=1S/C28H30N4O6/c1-36-20-8-5-17(6-9-20)31-28(35)32-18-7-10-24-22(12-18)23-13-21(37-25(16-33)27(23)38-24)14-26(34)30-15-19-4-2-3-11-29-19/h2-12,21,23,25,27,33H,13-16H2,1H3,(H,30,34)(H2,31,32,35)/t21-,23-,25-,27+/m0/s1. The lowest BCUT2D eigenvalue weighted by atomic mass is 9.84. The molecule has 0 radical (unpaired) electrons. The molecule has 0 saturated carbocycles. The van der Waals surface area contributed by atoms with Gasteiger partial charge in [0.15, 0.2) is 0 Å². The fraction of sp³-hybridized carbons (Fsp3) is 0.321. The summed E-state index contributed by atoms with van der Waals surface area (Å²) in [4.78, 5) is 29.4. The third kappa shape index (κ3) is 5.87. The van der Waals surface area contributed by atoms with E-state index in [4.69, 9.17) is 14.2 Å². The topological polar surface area (TPSA) is 131 Å². The number of ether oxygens (including phenoxy) is 3. The van der Waals surface area contributed by atoms with Gasteiger partial charge in [-0.3, -0.25) is 9.78 Å². The molecule has 198 valence electrons. The van der Waals surface area contributed by atoms with Crippen molar-refractivity contribution >= 4 is 23.3 Å². The number of fused-ring (bicyclic) bond motifs is 3. The van der Waals surface area contributed by atoms with E-state index >= 15 is 0 Å². The Kier molecular flexibility index (Phi) is 7.71. The Bertz CT molecular complexity index is 1270. The molecule has 1 fully saturated rings. The molecule has 5 rings (SSSR count). The van der Waals surface area contributed by atoms with Crippen molar-refractivity contribution in [3.63, 3.8) is 0 Å². The number of nitrogens with zero attached hydrogens (tertiary/aromatic N) is 1. The predicted octanol–water partition coefficient (Wildman–Crippen LogP) is 3.44. The lowest BCUT2D eigenvalue weighted by Crippen LogP contribution is -2.47. The van der Waals surface area contributed by atoms with E-state index in [2.05, 4.69) is 20.9 Å². The number of aliphatic hydroxyl groups excluding tert-OH is 1. The molecule has 4 atom stereocenters. The van der Waals surface area contributed by atoms with E-state index in [9.17, 15) is 14.7 Å². The number of nitrogens with one attached hydrogen (secondary N) is 3. The number of methoxy groups -OCH3 is 1. The maximum atomic E-state index is 12.6. The van der Waals surface area contributed by atoms with Crippen molar-refractivity contribution in [3.05, 3.63) is 78.1 Å². The van der Waals surface area contributed by atoms with Gasteiger partial charge >= 0.3 is 6.03 Å². The molecule has 2 aromatic carbocycles. The van der Waals surface area contributed by atoms with Gasteiger partial charge in [-0.05, 0) is 61.0 Å². The molecule has 2 aliphatic rings. The predicted molar refractivity (Wildman–Crippen MR) is 140 cm³/mol. The minimum atomic E-state index is -0.565. The Labute approximate surface area is 220 Å². The molecule has 4 N–H and O–H groups in total. The molecule has 3 amide bonds. The van der Waals surface area contributed by atoms with Crippen molar-refractivity contribution in [1.82, 2.24) is 10.3 Å². The molecular formula is C28H30N4O6. The first-order chi connectivity index (χ1) is 18.5. The molecule has 3 aromatic rings. The highest BCUT2D eigenvalue weighted by Gasteiger charge is 2.46. The molecular weight excluding hydrogens is 488 g/mol. The lowest BCUT2D eigenvalue weighted by Gasteiger charge is -2.37. The average Bonchev–Trinajstić information content (AvgIpc) is 3.30. The molecule has 38 heavy (non-hydrogen) atoms. The zero-order valence-corrected chi connectivity index (χ0v) is 20.9. The molecule has 3 heterocycles. The first kappa shape index (κ1) is 25.5. The summed E-state index contributed by atoms with van der Waals surface area (Å²) in [6.45, 7) is 0.109. The van der Waals surface area contributed by atoms with Crippen LogP contribution in [0.1, 0.15) is 30.0 Å². The second-order valence-electron chi connectivity index (χ2n) is 9.27. The van der Waals surface area contributed by atoms with Crippen LogP contribution in [0.5, 0.6) is 11.5 Å². The monoisotopic (exact) mass is 518 g/mol. The number of anilines is 2. The fourth-order valence-corrected chi connectivity index (χ4v) is 4.91. The van der Waals surface area contributed by atoms with E-state index < -0.39 is 6.10 Å². The normalized spacial score (nSPS) is 21.4. The molecule has 0 aliphatic carbocycles. The van der Waals surface area contributed by atoms with Gasteiger partial charge in [0, 0.05) is 29.1 Å². The molecule has 10 nitrogen and oxygen atoms in total. The van der Waals surface area contributed by atoms with Gasteiger partial charge in [-0.25, -0.2) is 4.79 Å². The number of amides is 3. The molecule has 0 bridgehead atoms. The number of carbonyl (C=O) groups is 2. The zero-order valence-electron chi connectivity index (χ0n) is 20.9. The van der Waals surface area contributed by atoms with Crippen molar-refractivity contribution in [2.24, 2.45) is 0 Å². The zero-order chi connectivity index (χ0) is 26.5. The van der Waals surface area contributed by atoms with Gasteiger partial charge in [0.05, 0.1) is 38.5 Å². The van der Waals surface area contributed by atoms with Crippen LogP contribution in [-0.4, -0.2) is 54.1 Å². The first-order valence-corrected chi connectivity index (χ1v) is 12.5. The summed E-state index contributed by atoms with van der Waals surface area (Å²) in [5.74, 6) is 1.14. The van der Waals surface area contributed by atoms with Crippen molar-refractivity contribution in [2.75, 3.05) is 24.4 Å². The summed E-state index contributed by atoms with van der Waals surface area (Å²) >= 11 is 0. The highest BCUT2D eigenvalue weighted by molar-refractivity contribution is 5.99. The van der Waals surface area contributed by atoms with Gasteiger partial charge < -0.3 is 35.3 Å². The van der Waals surface area contributed by atoms with Crippen LogP contribution < -0.4 is 25.4 Å². The van der Waals surface area contributed by atoms with E-state index in [1.54, 1.807) is 49.7 Å². The van der Waals surface area contributed by atoms with E-state index in [0.717, 1.165) is 11.3 Å². The van der Waals surface area contributed by atoms with Crippen LogP contribution in [0.15, 0.2) is 66.9 Å². The van der Waals surface area contributed by atoms with Gasteiger partial charge in [-0.15, -0.1) is 0 Å².